The minimum atomic E-state index is -0.421. The van der Waals surface area contributed by atoms with Crippen molar-refractivity contribution in [2.45, 2.75) is 83.7 Å². The van der Waals surface area contributed by atoms with Gasteiger partial charge in [0.2, 0.25) is 0 Å². The highest BCUT2D eigenvalue weighted by Crippen LogP contribution is 2.66. The first-order valence-electron chi connectivity index (χ1n) is 10.0. The fourth-order valence-corrected chi connectivity index (χ4v) is 7.40. The molecule has 0 amide bonds. The van der Waals surface area contributed by atoms with Gasteiger partial charge < -0.3 is 5.11 Å². The molecule has 3 saturated carbocycles. The van der Waals surface area contributed by atoms with E-state index in [-0.39, 0.29) is 5.41 Å². The molecule has 0 aliphatic heterocycles. The first-order chi connectivity index (χ1) is 11.0. The molecule has 23 heavy (non-hydrogen) atoms. The van der Waals surface area contributed by atoms with Crippen molar-refractivity contribution in [1.82, 2.24) is 0 Å². The lowest BCUT2D eigenvalue weighted by Crippen LogP contribution is -2.53. The molecule has 0 radical (unpaired) electrons. The van der Waals surface area contributed by atoms with Crippen LogP contribution >= 0.6 is 0 Å². The molecule has 1 N–H and O–H groups in total. The van der Waals surface area contributed by atoms with E-state index in [0.717, 1.165) is 56.3 Å². The minimum absolute atomic E-state index is 0.175. The Morgan fingerprint density at radius 2 is 1.87 bits per heavy atom. The van der Waals surface area contributed by atoms with E-state index < -0.39 is 5.60 Å². The van der Waals surface area contributed by atoms with Crippen LogP contribution in [-0.2, 0) is 4.79 Å². The maximum atomic E-state index is 11.8. The molecule has 2 heteroatoms. The van der Waals surface area contributed by atoms with Crippen molar-refractivity contribution in [3.05, 3.63) is 11.6 Å². The zero-order valence-electron chi connectivity index (χ0n) is 14.8. The summed E-state index contributed by atoms with van der Waals surface area (Å²) in [5.74, 6) is 3.33. The molecule has 0 aromatic rings. The van der Waals surface area contributed by atoms with Crippen molar-refractivity contribution in [1.29, 1.82) is 0 Å². The van der Waals surface area contributed by atoms with Gasteiger partial charge in [0.15, 0.2) is 5.78 Å². The quantitative estimate of drug-likeness (QED) is 0.804. The van der Waals surface area contributed by atoms with Gasteiger partial charge in [0.05, 0.1) is 5.60 Å². The van der Waals surface area contributed by atoms with Gasteiger partial charge in [-0.15, -0.1) is 0 Å². The number of carbonyl (C=O) groups is 1. The Kier molecular flexibility index (Phi) is 3.75. The lowest BCUT2D eigenvalue weighted by atomic mass is 9.49. The Bertz CT molecular complexity index is 536. The SMILES string of the molecule is CCC12CC[C@@H]3C4CCC(=O)C=C4CCC3[C@@H]1CC[C@@]2(O)CC. The Labute approximate surface area is 140 Å². The van der Waals surface area contributed by atoms with E-state index in [2.05, 4.69) is 13.8 Å². The zero-order chi connectivity index (χ0) is 16.2. The van der Waals surface area contributed by atoms with Crippen molar-refractivity contribution >= 4 is 5.78 Å². The van der Waals surface area contributed by atoms with E-state index in [0.29, 0.717) is 11.7 Å². The first kappa shape index (κ1) is 15.9. The second-order valence-corrected chi connectivity index (χ2v) is 8.78. The normalized spacial score (nSPS) is 49.2. The van der Waals surface area contributed by atoms with Gasteiger partial charge in [-0.3, -0.25) is 4.79 Å². The molecule has 0 heterocycles. The van der Waals surface area contributed by atoms with Gasteiger partial charge in [-0.25, -0.2) is 0 Å². The van der Waals surface area contributed by atoms with E-state index in [1.807, 2.05) is 6.08 Å². The largest absolute Gasteiger partial charge is 0.389 e. The zero-order valence-corrected chi connectivity index (χ0v) is 14.8. The molecule has 0 bridgehead atoms. The van der Waals surface area contributed by atoms with Crippen LogP contribution in [0.1, 0.15) is 78.1 Å². The molecule has 4 aliphatic carbocycles. The monoisotopic (exact) mass is 316 g/mol. The third kappa shape index (κ3) is 2.06. The number of aliphatic hydroxyl groups is 1. The lowest BCUT2D eigenvalue weighted by Gasteiger charge is -2.57. The molecule has 4 aliphatic rings. The molecule has 0 aromatic carbocycles. The summed E-state index contributed by atoms with van der Waals surface area (Å²) in [5.41, 5.74) is 1.22. The summed E-state index contributed by atoms with van der Waals surface area (Å²) < 4.78 is 0. The smallest absolute Gasteiger partial charge is 0.155 e. The number of hydrogen-bond acceptors (Lipinski definition) is 2. The van der Waals surface area contributed by atoms with Crippen molar-refractivity contribution in [2.75, 3.05) is 0 Å². The maximum absolute atomic E-state index is 11.8. The third-order valence-electron chi connectivity index (χ3n) is 8.52. The fraction of sp³-hybridized carbons (Fsp3) is 0.857. The van der Waals surface area contributed by atoms with E-state index in [4.69, 9.17) is 0 Å². The summed E-state index contributed by atoms with van der Waals surface area (Å²) in [7, 11) is 0. The summed E-state index contributed by atoms with van der Waals surface area (Å²) in [5, 5.41) is 11.3. The average Bonchev–Trinajstić information content (AvgIpc) is 2.88. The molecule has 128 valence electrons. The predicted molar refractivity (Wildman–Crippen MR) is 92.0 cm³/mol. The van der Waals surface area contributed by atoms with Crippen LogP contribution < -0.4 is 0 Å². The molecular weight excluding hydrogens is 284 g/mol. The van der Waals surface area contributed by atoms with Gasteiger partial charge >= 0.3 is 0 Å². The van der Waals surface area contributed by atoms with Crippen molar-refractivity contribution in [3.8, 4) is 0 Å². The van der Waals surface area contributed by atoms with Crippen LogP contribution in [-0.4, -0.2) is 16.5 Å². The second kappa shape index (κ2) is 5.44. The van der Waals surface area contributed by atoms with Gasteiger partial charge in [0.25, 0.3) is 0 Å². The summed E-state index contributed by atoms with van der Waals surface area (Å²) in [6.45, 7) is 4.49. The maximum Gasteiger partial charge on any atom is 0.155 e. The number of hydrogen-bond donors (Lipinski definition) is 1. The molecule has 0 spiro atoms. The molecular formula is C21H32O2. The Balaban J connectivity index is 1.65. The fourth-order valence-electron chi connectivity index (χ4n) is 7.40. The highest BCUT2D eigenvalue weighted by molar-refractivity contribution is 5.91. The average molecular weight is 316 g/mol. The van der Waals surface area contributed by atoms with Gasteiger partial charge in [0.1, 0.15) is 0 Å². The second-order valence-electron chi connectivity index (χ2n) is 8.78. The van der Waals surface area contributed by atoms with Gasteiger partial charge in [-0.1, -0.05) is 19.4 Å². The van der Waals surface area contributed by atoms with E-state index in [1.54, 1.807) is 0 Å². The van der Waals surface area contributed by atoms with E-state index >= 15 is 0 Å². The number of allylic oxidation sites excluding steroid dienone is 1. The standard InChI is InChI=1S/C21H32O2/c1-3-20-11-9-17-16-8-6-15(22)13-14(16)5-7-18(17)19(20)10-12-21(20,23)4-2/h13,16-19,23H,3-12H2,1-2H3/t16?,17-,18?,19+,20?,21+/m1/s1. The Morgan fingerprint density at radius 3 is 2.61 bits per heavy atom. The van der Waals surface area contributed by atoms with E-state index in [1.165, 1.54) is 31.3 Å². The van der Waals surface area contributed by atoms with Gasteiger partial charge in [-0.2, -0.15) is 0 Å². The number of fused-ring (bicyclic) bond motifs is 5. The predicted octanol–water partition coefficient (Wildman–Crippen LogP) is 4.66. The van der Waals surface area contributed by atoms with Crippen LogP contribution in [0.25, 0.3) is 0 Å². The van der Waals surface area contributed by atoms with Crippen LogP contribution in [0.4, 0.5) is 0 Å². The Morgan fingerprint density at radius 1 is 1.04 bits per heavy atom. The highest BCUT2D eigenvalue weighted by Gasteiger charge is 2.62. The van der Waals surface area contributed by atoms with Crippen molar-refractivity contribution in [2.24, 2.45) is 29.1 Å². The first-order valence-corrected chi connectivity index (χ1v) is 10.0. The molecule has 2 nitrogen and oxygen atoms in total. The molecule has 0 aromatic heterocycles. The summed E-state index contributed by atoms with van der Waals surface area (Å²) >= 11 is 0. The van der Waals surface area contributed by atoms with Crippen molar-refractivity contribution < 1.29 is 9.90 Å². The highest BCUT2D eigenvalue weighted by atomic mass is 16.3. The summed E-state index contributed by atoms with van der Waals surface area (Å²) in [4.78, 5) is 11.8. The van der Waals surface area contributed by atoms with Crippen LogP contribution in [0.5, 0.6) is 0 Å². The molecule has 6 atom stereocenters. The molecule has 3 fully saturated rings. The number of rotatable bonds is 2. The molecule has 4 rings (SSSR count). The Hall–Kier alpha value is -0.630. The van der Waals surface area contributed by atoms with Crippen LogP contribution in [0.15, 0.2) is 11.6 Å². The third-order valence-corrected chi connectivity index (χ3v) is 8.52. The van der Waals surface area contributed by atoms with Crippen molar-refractivity contribution in [3.63, 3.8) is 0 Å². The minimum Gasteiger partial charge on any atom is -0.389 e. The number of ketones is 1. The van der Waals surface area contributed by atoms with Crippen LogP contribution in [0.3, 0.4) is 0 Å². The van der Waals surface area contributed by atoms with Gasteiger partial charge in [0, 0.05) is 11.8 Å². The molecule has 3 unspecified atom stereocenters. The lowest BCUT2D eigenvalue weighted by molar-refractivity contribution is -0.132. The van der Waals surface area contributed by atoms with Crippen LogP contribution in [0.2, 0.25) is 0 Å². The number of carbonyl (C=O) groups excluding carboxylic acids is 1. The van der Waals surface area contributed by atoms with Gasteiger partial charge in [-0.05, 0) is 87.5 Å². The summed E-state index contributed by atoms with van der Waals surface area (Å²) in [6, 6.07) is 0. The summed E-state index contributed by atoms with van der Waals surface area (Å²) in [6.07, 6.45) is 13.0. The topological polar surface area (TPSA) is 37.3 Å². The van der Waals surface area contributed by atoms with Crippen LogP contribution in [0, 0.1) is 29.1 Å². The van der Waals surface area contributed by atoms with E-state index in [9.17, 15) is 9.90 Å². The molecule has 0 saturated heterocycles.